The summed E-state index contributed by atoms with van der Waals surface area (Å²) in [5.74, 6) is 0.674. The maximum atomic E-state index is 11.5. The normalized spacial score (nSPS) is 10.9. The van der Waals surface area contributed by atoms with E-state index in [0.717, 1.165) is 33.6 Å². The number of anilines is 1. The van der Waals surface area contributed by atoms with E-state index >= 15 is 0 Å². The highest BCUT2D eigenvalue weighted by molar-refractivity contribution is 5.83. The first kappa shape index (κ1) is 16.7. The molecular weight excluding hydrogens is 342 g/mol. The third-order valence-corrected chi connectivity index (χ3v) is 4.38. The van der Waals surface area contributed by atoms with Crippen molar-refractivity contribution in [1.29, 1.82) is 0 Å². The minimum Gasteiger partial charge on any atom is -0.503 e. The van der Waals surface area contributed by atoms with Gasteiger partial charge in [-0.1, -0.05) is 18.2 Å². The molecule has 0 saturated heterocycles. The topological polar surface area (TPSA) is 90.4 Å². The monoisotopic (exact) mass is 359 g/mol. The minimum atomic E-state index is -0.508. The number of ether oxygens (including phenoxy) is 1. The molecule has 4 rings (SSSR count). The van der Waals surface area contributed by atoms with Crippen LogP contribution >= 0.6 is 0 Å². The third-order valence-electron chi connectivity index (χ3n) is 4.38. The average molecular weight is 359 g/mol. The van der Waals surface area contributed by atoms with Crippen molar-refractivity contribution in [2.45, 2.75) is 0 Å². The van der Waals surface area contributed by atoms with Crippen molar-refractivity contribution in [2.75, 3.05) is 12.8 Å². The van der Waals surface area contributed by atoms with Gasteiger partial charge in [0.1, 0.15) is 11.6 Å². The number of nitrogens with zero attached hydrogens (tertiary/aromatic N) is 2. The first-order chi connectivity index (χ1) is 13.0. The summed E-state index contributed by atoms with van der Waals surface area (Å²) in [6.45, 7) is 0. The Hall–Kier alpha value is -3.80. The zero-order chi connectivity index (χ0) is 19.0. The van der Waals surface area contributed by atoms with Crippen molar-refractivity contribution in [3.05, 3.63) is 77.1 Å². The molecule has 4 aromatic rings. The molecule has 0 aliphatic rings. The van der Waals surface area contributed by atoms with Crippen LogP contribution in [0.3, 0.4) is 0 Å². The van der Waals surface area contributed by atoms with E-state index in [1.165, 1.54) is 12.3 Å². The quantitative estimate of drug-likeness (QED) is 0.585. The van der Waals surface area contributed by atoms with Crippen LogP contribution in [0.25, 0.3) is 27.8 Å². The predicted octanol–water partition coefficient (Wildman–Crippen LogP) is 3.35. The van der Waals surface area contributed by atoms with E-state index in [1.807, 2.05) is 54.6 Å². The molecule has 2 aromatic carbocycles. The van der Waals surface area contributed by atoms with Crippen LogP contribution in [-0.4, -0.2) is 21.8 Å². The Balaban J connectivity index is 1.80. The number of fused-ring (bicyclic) bond motifs is 1. The molecule has 0 aliphatic heterocycles. The van der Waals surface area contributed by atoms with E-state index < -0.39 is 5.43 Å². The molecule has 2 aromatic heterocycles. The maximum absolute atomic E-state index is 11.5. The van der Waals surface area contributed by atoms with Crippen LogP contribution in [0.5, 0.6) is 11.5 Å². The Labute approximate surface area is 155 Å². The van der Waals surface area contributed by atoms with Gasteiger partial charge in [0.05, 0.1) is 24.5 Å². The van der Waals surface area contributed by atoms with E-state index in [9.17, 15) is 9.90 Å². The Morgan fingerprint density at radius 2 is 1.93 bits per heavy atom. The van der Waals surface area contributed by atoms with Gasteiger partial charge in [0.15, 0.2) is 5.75 Å². The first-order valence-corrected chi connectivity index (χ1v) is 8.32. The molecule has 0 radical (unpaired) electrons. The predicted molar refractivity (Wildman–Crippen MR) is 105 cm³/mol. The van der Waals surface area contributed by atoms with Gasteiger partial charge in [-0.15, -0.1) is 0 Å². The van der Waals surface area contributed by atoms with Gasteiger partial charge in [-0.3, -0.25) is 9.36 Å². The molecule has 0 amide bonds. The second kappa shape index (κ2) is 6.49. The molecule has 0 bridgehead atoms. The SMILES string of the molecule is COc1ccc2nc(-c3cccc(-n4cc(O)c(=O)cc4N)c3)ccc2c1. The van der Waals surface area contributed by atoms with Gasteiger partial charge in [-0.25, -0.2) is 4.98 Å². The molecular formula is C21H17N3O3. The number of hydrogen-bond donors (Lipinski definition) is 2. The number of aromatic hydroxyl groups is 1. The number of benzene rings is 2. The number of nitrogens with two attached hydrogens (primary N) is 1. The van der Waals surface area contributed by atoms with Crippen molar-refractivity contribution in [3.8, 4) is 28.4 Å². The van der Waals surface area contributed by atoms with E-state index in [1.54, 1.807) is 11.7 Å². The van der Waals surface area contributed by atoms with Crippen LogP contribution in [0.15, 0.2) is 71.7 Å². The van der Waals surface area contributed by atoms with E-state index in [2.05, 4.69) is 0 Å². The van der Waals surface area contributed by atoms with Gasteiger partial charge in [-0.05, 0) is 36.4 Å². The molecule has 0 unspecified atom stereocenters. The summed E-state index contributed by atoms with van der Waals surface area (Å²) >= 11 is 0. The standard InChI is InChI=1S/C21H17N3O3/c1-27-16-6-8-18-14(10-16)5-7-17(23-18)13-3-2-4-15(9-13)24-12-20(26)19(25)11-21(24)22/h2-12,26H,22H2,1H3. The zero-order valence-electron chi connectivity index (χ0n) is 14.6. The molecule has 2 heterocycles. The number of methoxy groups -OCH3 is 1. The molecule has 0 atom stereocenters. The first-order valence-electron chi connectivity index (χ1n) is 8.32. The number of rotatable bonds is 3. The zero-order valence-corrected chi connectivity index (χ0v) is 14.6. The van der Waals surface area contributed by atoms with Crippen molar-refractivity contribution in [3.63, 3.8) is 0 Å². The van der Waals surface area contributed by atoms with Gasteiger partial charge in [0, 0.05) is 22.7 Å². The minimum absolute atomic E-state index is 0.244. The fourth-order valence-corrected chi connectivity index (χ4v) is 2.97. The molecule has 0 aliphatic carbocycles. The van der Waals surface area contributed by atoms with Crippen molar-refractivity contribution >= 4 is 16.7 Å². The van der Waals surface area contributed by atoms with Crippen LogP contribution in [0.1, 0.15) is 0 Å². The molecule has 0 fully saturated rings. The Kier molecular flexibility index (Phi) is 4.01. The van der Waals surface area contributed by atoms with E-state index in [4.69, 9.17) is 15.5 Å². The van der Waals surface area contributed by atoms with Crippen LogP contribution < -0.4 is 15.9 Å². The van der Waals surface area contributed by atoms with Gasteiger partial charge in [0.2, 0.25) is 5.43 Å². The van der Waals surface area contributed by atoms with Crippen LogP contribution in [0.2, 0.25) is 0 Å². The second-order valence-corrected chi connectivity index (χ2v) is 6.12. The highest BCUT2D eigenvalue weighted by Gasteiger charge is 2.08. The smallest absolute Gasteiger partial charge is 0.225 e. The Morgan fingerprint density at radius 1 is 1.07 bits per heavy atom. The Morgan fingerprint density at radius 3 is 2.74 bits per heavy atom. The van der Waals surface area contributed by atoms with Gasteiger partial charge in [-0.2, -0.15) is 0 Å². The van der Waals surface area contributed by atoms with Crippen LogP contribution in [0, 0.1) is 0 Å². The molecule has 27 heavy (non-hydrogen) atoms. The molecule has 6 heteroatoms. The van der Waals surface area contributed by atoms with Crippen molar-refractivity contribution in [2.24, 2.45) is 0 Å². The molecule has 134 valence electrons. The number of hydrogen-bond acceptors (Lipinski definition) is 5. The van der Waals surface area contributed by atoms with Crippen molar-refractivity contribution < 1.29 is 9.84 Å². The number of aromatic nitrogens is 2. The summed E-state index contributed by atoms with van der Waals surface area (Å²) in [4.78, 5) is 16.2. The fraction of sp³-hybridized carbons (Fsp3) is 0.0476. The van der Waals surface area contributed by atoms with Crippen LogP contribution in [0.4, 0.5) is 5.82 Å². The summed E-state index contributed by atoms with van der Waals surface area (Å²) in [5, 5.41) is 10.7. The van der Waals surface area contributed by atoms with Crippen LogP contribution in [-0.2, 0) is 0 Å². The maximum Gasteiger partial charge on any atom is 0.225 e. The summed E-state index contributed by atoms with van der Waals surface area (Å²) < 4.78 is 6.81. The molecule has 3 N–H and O–H groups in total. The Bertz CT molecular complexity index is 1210. The van der Waals surface area contributed by atoms with Gasteiger partial charge >= 0.3 is 0 Å². The lowest BCUT2D eigenvalue weighted by Gasteiger charge is -2.12. The van der Waals surface area contributed by atoms with Crippen molar-refractivity contribution in [1.82, 2.24) is 9.55 Å². The van der Waals surface area contributed by atoms with E-state index in [-0.39, 0.29) is 11.6 Å². The lowest BCUT2D eigenvalue weighted by Crippen LogP contribution is -2.10. The molecule has 0 saturated carbocycles. The highest BCUT2D eigenvalue weighted by Crippen LogP contribution is 2.26. The van der Waals surface area contributed by atoms with Gasteiger partial charge in [0.25, 0.3) is 0 Å². The summed E-state index contributed by atoms with van der Waals surface area (Å²) in [5.41, 5.74) is 8.70. The highest BCUT2D eigenvalue weighted by atomic mass is 16.5. The number of pyridine rings is 2. The van der Waals surface area contributed by atoms with E-state index in [0.29, 0.717) is 0 Å². The fourth-order valence-electron chi connectivity index (χ4n) is 2.97. The summed E-state index contributed by atoms with van der Waals surface area (Å²) in [7, 11) is 1.63. The lowest BCUT2D eigenvalue weighted by atomic mass is 10.1. The molecule has 6 nitrogen and oxygen atoms in total. The molecule has 0 spiro atoms. The third kappa shape index (κ3) is 3.08. The lowest BCUT2D eigenvalue weighted by molar-refractivity contribution is 0.415. The summed E-state index contributed by atoms with van der Waals surface area (Å²) in [6.07, 6.45) is 1.32. The number of nitrogen functional groups attached to an aromatic ring is 1. The van der Waals surface area contributed by atoms with Gasteiger partial charge < -0.3 is 15.6 Å². The second-order valence-electron chi connectivity index (χ2n) is 6.12. The summed E-state index contributed by atoms with van der Waals surface area (Å²) in [6, 6.07) is 18.4. The largest absolute Gasteiger partial charge is 0.503 e. The average Bonchev–Trinajstić information content (AvgIpc) is 2.70.